The number of hydrogen-bond acceptors (Lipinski definition) is 3. The van der Waals surface area contributed by atoms with Crippen molar-refractivity contribution in [3.63, 3.8) is 0 Å². The summed E-state index contributed by atoms with van der Waals surface area (Å²) in [6.07, 6.45) is -10.4. The molecular formula is C17H14F6N2O3S. The van der Waals surface area contributed by atoms with Crippen LogP contribution < -0.4 is 4.72 Å². The quantitative estimate of drug-likeness (QED) is 0.724. The molecule has 0 radical (unpaired) electrons. The van der Waals surface area contributed by atoms with Crippen LogP contribution in [0.25, 0.3) is 0 Å². The van der Waals surface area contributed by atoms with Gasteiger partial charge in [0.05, 0.1) is 16.0 Å². The lowest BCUT2D eigenvalue weighted by molar-refractivity contribution is -0.143. The number of carbonyl (C=O) groups excluding carboxylic acids is 1. The Hall–Kier alpha value is -2.76. The highest BCUT2D eigenvalue weighted by Gasteiger charge is 2.38. The Bertz CT molecular complexity index is 981. The molecule has 0 fully saturated rings. The number of sulfonamides is 1. The summed E-state index contributed by atoms with van der Waals surface area (Å²) in [7, 11) is -1.79. The summed E-state index contributed by atoms with van der Waals surface area (Å²) in [5, 5.41) is 0. The van der Waals surface area contributed by atoms with Crippen molar-refractivity contribution in [3.05, 3.63) is 59.2 Å². The molecule has 0 saturated carbocycles. The topological polar surface area (TPSA) is 66.5 Å². The van der Waals surface area contributed by atoms with Crippen molar-refractivity contribution in [2.24, 2.45) is 0 Å². The summed E-state index contributed by atoms with van der Waals surface area (Å²) < 4.78 is 104. The van der Waals surface area contributed by atoms with E-state index < -0.39 is 38.4 Å². The van der Waals surface area contributed by atoms with Crippen LogP contribution in [0.5, 0.6) is 0 Å². The SMILES string of the molecule is CN(C)C(=O)c1ccc(NS(=O)(=O)c2cc(C(F)(F)F)cc(C(F)(F)F)c2)cc1. The number of anilines is 1. The molecule has 0 heterocycles. The van der Waals surface area contributed by atoms with Gasteiger partial charge in [0.1, 0.15) is 0 Å². The Morgan fingerprint density at radius 1 is 0.862 bits per heavy atom. The van der Waals surface area contributed by atoms with Crippen LogP contribution >= 0.6 is 0 Å². The zero-order chi connectivity index (χ0) is 22.2. The summed E-state index contributed by atoms with van der Waals surface area (Å²) >= 11 is 0. The Labute approximate surface area is 162 Å². The zero-order valence-corrected chi connectivity index (χ0v) is 15.7. The monoisotopic (exact) mass is 440 g/mol. The Balaban J connectivity index is 2.44. The van der Waals surface area contributed by atoms with Crippen LogP contribution in [-0.2, 0) is 22.4 Å². The molecule has 0 bridgehead atoms. The first kappa shape index (κ1) is 22.5. The third-order valence-corrected chi connectivity index (χ3v) is 5.02. The molecule has 0 unspecified atom stereocenters. The van der Waals surface area contributed by atoms with E-state index in [2.05, 4.69) is 0 Å². The molecule has 1 amide bonds. The summed E-state index contributed by atoms with van der Waals surface area (Å²) in [5.41, 5.74) is -3.44. The number of hydrogen-bond donors (Lipinski definition) is 1. The van der Waals surface area contributed by atoms with E-state index in [0.29, 0.717) is 0 Å². The first-order valence-corrected chi connectivity index (χ1v) is 9.23. The van der Waals surface area contributed by atoms with Crippen LogP contribution in [0.15, 0.2) is 47.4 Å². The van der Waals surface area contributed by atoms with Crippen LogP contribution in [-0.4, -0.2) is 33.3 Å². The van der Waals surface area contributed by atoms with E-state index >= 15 is 0 Å². The molecule has 12 heteroatoms. The second kappa shape index (κ2) is 7.58. The van der Waals surface area contributed by atoms with Crippen molar-refractivity contribution in [1.82, 2.24) is 4.90 Å². The van der Waals surface area contributed by atoms with Gasteiger partial charge in [-0.2, -0.15) is 26.3 Å². The van der Waals surface area contributed by atoms with Gasteiger partial charge in [0.25, 0.3) is 15.9 Å². The fourth-order valence-electron chi connectivity index (χ4n) is 2.23. The standard InChI is InChI=1S/C17H14F6N2O3S/c1-25(2)15(26)10-3-5-13(6-4-10)24-29(27,28)14-8-11(16(18,19)20)7-12(9-14)17(21,22)23/h3-9,24H,1-2H3. The maximum absolute atomic E-state index is 12.9. The van der Waals surface area contributed by atoms with Crippen molar-refractivity contribution >= 4 is 21.6 Å². The molecule has 2 aromatic carbocycles. The van der Waals surface area contributed by atoms with Gasteiger partial charge in [0.15, 0.2) is 0 Å². The van der Waals surface area contributed by atoms with E-state index in [1.54, 1.807) is 0 Å². The molecule has 0 aliphatic heterocycles. The highest BCUT2D eigenvalue weighted by Crippen LogP contribution is 2.37. The number of rotatable bonds is 4. The Morgan fingerprint density at radius 2 is 1.31 bits per heavy atom. The van der Waals surface area contributed by atoms with Crippen LogP contribution in [0, 0.1) is 0 Å². The highest BCUT2D eigenvalue weighted by atomic mass is 32.2. The average Bonchev–Trinajstić information content (AvgIpc) is 2.59. The number of nitrogens with one attached hydrogen (secondary N) is 1. The van der Waals surface area contributed by atoms with Crippen molar-refractivity contribution in [3.8, 4) is 0 Å². The third kappa shape index (κ3) is 5.40. The van der Waals surface area contributed by atoms with E-state index in [1.807, 2.05) is 4.72 Å². The number of benzene rings is 2. The number of amides is 1. The first-order chi connectivity index (χ1) is 13.1. The van der Waals surface area contributed by atoms with E-state index in [0.717, 1.165) is 12.1 Å². The van der Waals surface area contributed by atoms with Crippen LogP contribution in [0.1, 0.15) is 21.5 Å². The molecule has 0 aliphatic rings. The predicted molar refractivity (Wildman–Crippen MR) is 91.7 cm³/mol. The maximum Gasteiger partial charge on any atom is 0.416 e. The Morgan fingerprint density at radius 3 is 1.69 bits per heavy atom. The van der Waals surface area contributed by atoms with Gasteiger partial charge in [-0.05, 0) is 42.5 Å². The van der Waals surface area contributed by atoms with Gasteiger partial charge in [-0.15, -0.1) is 0 Å². The van der Waals surface area contributed by atoms with E-state index in [4.69, 9.17) is 0 Å². The number of nitrogens with zero attached hydrogens (tertiary/aromatic N) is 1. The fourth-order valence-corrected chi connectivity index (χ4v) is 3.36. The summed E-state index contributed by atoms with van der Waals surface area (Å²) in [6.45, 7) is 0. The summed E-state index contributed by atoms with van der Waals surface area (Å²) in [5.74, 6) is -0.382. The highest BCUT2D eigenvalue weighted by molar-refractivity contribution is 7.92. The van der Waals surface area contributed by atoms with Crippen molar-refractivity contribution in [2.45, 2.75) is 17.2 Å². The van der Waals surface area contributed by atoms with Crippen LogP contribution in [0.3, 0.4) is 0 Å². The molecule has 0 atom stereocenters. The first-order valence-electron chi connectivity index (χ1n) is 7.75. The molecule has 5 nitrogen and oxygen atoms in total. The van der Waals surface area contributed by atoms with Gasteiger partial charge in [0.2, 0.25) is 0 Å². The molecule has 0 aliphatic carbocycles. The van der Waals surface area contributed by atoms with Crippen molar-refractivity contribution < 1.29 is 39.6 Å². The minimum Gasteiger partial charge on any atom is -0.345 e. The molecule has 2 aromatic rings. The Kier molecular flexibility index (Phi) is 5.89. The minimum atomic E-state index is -5.18. The third-order valence-electron chi connectivity index (χ3n) is 3.66. The van der Waals surface area contributed by atoms with Crippen molar-refractivity contribution in [1.29, 1.82) is 0 Å². The van der Waals surface area contributed by atoms with E-state index in [9.17, 15) is 39.6 Å². The molecular weight excluding hydrogens is 426 g/mol. The fraction of sp³-hybridized carbons (Fsp3) is 0.235. The maximum atomic E-state index is 12.9. The largest absolute Gasteiger partial charge is 0.416 e. The van der Waals surface area contributed by atoms with Crippen LogP contribution in [0.4, 0.5) is 32.0 Å². The van der Waals surface area contributed by atoms with Gasteiger partial charge in [-0.3, -0.25) is 9.52 Å². The van der Waals surface area contributed by atoms with Gasteiger partial charge in [0, 0.05) is 25.3 Å². The average molecular weight is 440 g/mol. The second-order valence-corrected chi connectivity index (χ2v) is 7.81. The molecule has 2 rings (SSSR count). The molecule has 158 valence electrons. The normalized spacial score (nSPS) is 12.6. The zero-order valence-electron chi connectivity index (χ0n) is 14.9. The molecule has 0 aromatic heterocycles. The van der Waals surface area contributed by atoms with Crippen LogP contribution in [0.2, 0.25) is 0 Å². The smallest absolute Gasteiger partial charge is 0.345 e. The lowest BCUT2D eigenvalue weighted by Gasteiger charge is -2.15. The summed E-state index contributed by atoms with van der Waals surface area (Å²) in [6, 6.07) is 4.89. The lowest BCUT2D eigenvalue weighted by Crippen LogP contribution is -2.21. The molecule has 0 saturated heterocycles. The minimum absolute atomic E-state index is 0.113. The molecule has 29 heavy (non-hydrogen) atoms. The van der Waals surface area contributed by atoms with E-state index in [-0.39, 0.29) is 35.4 Å². The number of carbonyl (C=O) groups is 1. The number of alkyl halides is 6. The van der Waals surface area contributed by atoms with E-state index in [1.165, 1.54) is 31.1 Å². The van der Waals surface area contributed by atoms with Gasteiger partial charge in [-0.25, -0.2) is 8.42 Å². The lowest BCUT2D eigenvalue weighted by atomic mass is 10.1. The second-order valence-electron chi connectivity index (χ2n) is 6.12. The molecule has 0 spiro atoms. The summed E-state index contributed by atoms with van der Waals surface area (Å²) in [4.78, 5) is 11.9. The number of halogens is 6. The van der Waals surface area contributed by atoms with Gasteiger partial charge >= 0.3 is 12.4 Å². The van der Waals surface area contributed by atoms with Gasteiger partial charge in [-0.1, -0.05) is 0 Å². The molecule has 1 N–H and O–H groups in total. The van der Waals surface area contributed by atoms with Crippen molar-refractivity contribution in [2.75, 3.05) is 18.8 Å². The van der Waals surface area contributed by atoms with Gasteiger partial charge < -0.3 is 4.90 Å². The predicted octanol–water partition coefficient (Wildman–Crippen LogP) is 4.23.